The van der Waals surface area contributed by atoms with Gasteiger partial charge < -0.3 is 20.3 Å². The van der Waals surface area contributed by atoms with Crippen molar-refractivity contribution in [2.75, 3.05) is 19.6 Å². The molecule has 0 radical (unpaired) electrons. The van der Waals surface area contributed by atoms with Crippen LogP contribution in [-0.2, 0) is 14.3 Å². The van der Waals surface area contributed by atoms with Gasteiger partial charge in [0, 0.05) is 19.1 Å². The number of likely N-dealkylation sites (tertiary alicyclic amines) is 1. The van der Waals surface area contributed by atoms with Gasteiger partial charge in [0.25, 0.3) is 0 Å². The van der Waals surface area contributed by atoms with Crippen molar-refractivity contribution in [3.63, 3.8) is 0 Å². The summed E-state index contributed by atoms with van der Waals surface area (Å²) in [6.45, 7) is 6.39. The average Bonchev–Trinajstić information content (AvgIpc) is 3.27. The van der Waals surface area contributed by atoms with Crippen LogP contribution in [0.5, 0.6) is 0 Å². The Kier molecular flexibility index (Phi) is 5.49. The maximum absolute atomic E-state index is 12.2. The van der Waals surface area contributed by atoms with E-state index >= 15 is 0 Å². The van der Waals surface area contributed by atoms with Crippen molar-refractivity contribution in [1.82, 2.24) is 15.5 Å². The molecule has 23 heavy (non-hydrogen) atoms. The Bertz CT molecular complexity index is 468. The number of nitrogens with one attached hydrogen (secondary N) is 2. The Hall–Kier alpha value is -1.79. The number of rotatable bonds is 4. The minimum atomic E-state index is -0.548. The highest BCUT2D eigenvalue weighted by Crippen LogP contribution is 2.20. The maximum atomic E-state index is 12.2. The minimum absolute atomic E-state index is 0.00172. The first kappa shape index (κ1) is 17.6. The predicted molar refractivity (Wildman–Crippen MR) is 84.7 cm³/mol. The first-order chi connectivity index (χ1) is 10.7. The van der Waals surface area contributed by atoms with E-state index in [1.165, 1.54) is 0 Å². The molecule has 0 bridgehead atoms. The summed E-state index contributed by atoms with van der Waals surface area (Å²) in [4.78, 5) is 37.4. The van der Waals surface area contributed by atoms with E-state index in [0.29, 0.717) is 13.1 Å². The van der Waals surface area contributed by atoms with Crippen molar-refractivity contribution in [2.24, 2.45) is 5.92 Å². The summed E-state index contributed by atoms with van der Waals surface area (Å²) in [6, 6.07) is 0.289. The van der Waals surface area contributed by atoms with E-state index in [0.717, 1.165) is 25.7 Å². The number of piperidine rings is 1. The molecule has 1 aliphatic carbocycles. The van der Waals surface area contributed by atoms with Crippen molar-refractivity contribution < 1.29 is 19.1 Å². The quantitative estimate of drug-likeness (QED) is 0.808. The van der Waals surface area contributed by atoms with Crippen molar-refractivity contribution in [3.05, 3.63) is 0 Å². The molecule has 1 saturated heterocycles. The van der Waals surface area contributed by atoms with Gasteiger partial charge in [0.2, 0.25) is 11.8 Å². The Morgan fingerprint density at radius 1 is 1.17 bits per heavy atom. The van der Waals surface area contributed by atoms with Crippen LogP contribution in [0.2, 0.25) is 0 Å². The average molecular weight is 325 g/mol. The van der Waals surface area contributed by atoms with Crippen LogP contribution in [0.1, 0.15) is 46.5 Å². The lowest BCUT2D eigenvalue weighted by Gasteiger charge is -2.33. The van der Waals surface area contributed by atoms with E-state index in [1.807, 2.05) is 20.8 Å². The fourth-order valence-corrected chi connectivity index (χ4v) is 2.50. The molecule has 130 valence electrons. The zero-order chi connectivity index (χ0) is 17.0. The second kappa shape index (κ2) is 7.19. The third-order valence-electron chi connectivity index (χ3n) is 3.81. The SMILES string of the molecule is CC(C)(C)OC(=O)N1CCCC(C(=O)NCC(=O)NC2CC2)C1. The standard InChI is InChI=1S/C16H27N3O4/c1-16(2,3)23-15(22)19-8-4-5-11(10-19)14(21)17-9-13(20)18-12-6-7-12/h11-12H,4-10H2,1-3H3,(H,17,21)(H,18,20). The first-order valence-electron chi connectivity index (χ1n) is 8.29. The summed E-state index contributed by atoms with van der Waals surface area (Å²) in [5.74, 6) is -0.616. The van der Waals surface area contributed by atoms with Crippen molar-refractivity contribution in [3.8, 4) is 0 Å². The molecule has 1 aliphatic heterocycles. The predicted octanol–water partition coefficient (Wildman–Crippen LogP) is 1.03. The molecule has 1 heterocycles. The molecule has 0 spiro atoms. The van der Waals surface area contributed by atoms with Gasteiger partial charge in [-0.1, -0.05) is 0 Å². The second-order valence-electron chi connectivity index (χ2n) is 7.33. The van der Waals surface area contributed by atoms with Crippen LogP contribution in [0.3, 0.4) is 0 Å². The molecule has 2 aliphatic rings. The third-order valence-corrected chi connectivity index (χ3v) is 3.81. The highest BCUT2D eigenvalue weighted by atomic mass is 16.6. The normalized spacial score (nSPS) is 21.5. The van der Waals surface area contributed by atoms with Crippen LogP contribution in [-0.4, -0.2) is 54.1 Å². The van der Waals surface area contributed by atoms with E-state index in [9.17, 15) is 14.4 Å². The zero-order valence-electron chi connectivity index (χ0n) is 14.2. The molecule has 1 saturated carbocycles. The lowest BCUT2D eigenvalue weighted by molar-refractivity contribution is -0.129. The Balaban J connectivity index is 1.76. The largest absolute Gasteiger partial charge is 0.444 e. The van der Waals surface area contributed by atoms with Gasteiger partial charge in [-0.3, -0.25) is 9.59 Å². The van der Waals surface area contributed by atoms with Gasteiger partial charge in [0.1, 0.15) is 5.60 Å². The topological polar surface area (TPSA) is 87.7 Å². The van der Waals surface area contributed by atoms with E-state index in [2.05, 4.69) is 10.6 Å². The van der Waals surface area contributed by atoms with Gasteiger partial charge in [-0.15, -0.1) is 0 Å². The van der Waals surface area contributed by atoms with E-state index in [4.69, 9.17) is 4.74 Å². The molecule has 0 aromatic rings. The number of amides is 3. The molecular weight excluding hydrogens is 298 g/mol. The monoisotopic (exact) mass is 325 g/mol. The maximum Gasteiger partial charge on any atom is 0.410 e. The van der Waals surface area contributed by atoms with Crippen LogP contribution in [0.15, 0.2) is 0 Å². The van der Waals surface area contributed by atoms with Gasteiger partial charge in [0.05, 0.1) is 12.5 Å². The summed E-state index contributed by atoms with van der Waals surface area (Å²) in [6.07, 6.45) is 3.13. The Morgan fingerprint density at radius 3 is 2.48 bits per heavy atom. The van der Waals surface area contributed by atoms with Gasteiger partial charge >= 0.3 is 6.09 Å². The van der Waals surface area contributed by atoms with E-state index < -0.39 is 5.60 Å². The molecule has 2 N–H and O–H groups in total. The zero-order valence-corrected chi connectivity index (χ0v) is 14.2. The number of nitrogens with zero attached hydrogens (tertiary/aromatic N) is 1. The molecule has 0 aromatic heterocycles. The molecular formula is C16H27N3O4. The number of carbonyl (C=O) groups excluding carboxylic acids is 3. The van der Waals surface area contributed by atoms with Crippen LogP contribution in [0.4, 0.5) is 4.79 Å². The second-order valence-corrected chi connectivity index (χ2v) is 7.33. The van der Waals surface area contributed by atoms with Crippen molar-refractivity contribution in [1.29, 1.82) is 0 Å². The van der Waals surface area contributed by atoms with E-state index in [1.54, 1.807) is 4.90 Å². The summed E-state index contributed by atoms with van der Waals surface area (Å²) < 4.78 is 5.35. The van der Waals surface area contributed by atoms with Crippen molar-refractivity contribution in [2.45, 2.75) is 58.1 Å². The molecule has 1 atom stereocenters. The van der Waals surface area contributed by atoms with Gasteiger partial charge in [0.15, 0.2) is 0 Å². The summed E-state index contributed by atoms with van der Waals surface area (Å²) in [5.41, 5.74) is -0.548. The van der Waals surface area contributed by atoms with E-state index in [-0.39, 0.29) is 36.4 Å². The van der Waals surface area contributed by atoms with Gasteiger partial charge in [-0.05, 0) is 46.5 Å². The number of hydrogen-bond acceptors (Lipinski definition) is 4. The Morgan fingerprint density at radius 2 is 1.87 bits per heavy atom. The summed E-state index contributed by atoms with van der Waals surface area (Å²) >= 11 is 0. The number of carbonyl (C=O) groups is 3. The fourth-order valence-electron chi connectivity index (χ4n) is 2.50. The molecule has 7 heteroatoms. The van der Waals surface area contributed by atoms with Gasteiger partial charge in [-0.2, -0.15) is 0 Å². The third kappa shape index (κ3) is 6.08. The first-order valence-corrected chi connectivity index (χ1v) is 8.29. The number of ether oxygens (including phenoxy) is 1. The number of hydrogen-bond donors (Lipinski definition) is 2. The summed E-state index contributed by atoms with van der Waals surface area (Å²) in [7, 11) is 0. The van der Waals surface area contributed by atoms with Gasteiger partial charge in [-0.25, -0.2) is 4.79 Å². The van der Waals surface area contributed by atoms with Crippen LogP contribution >= 0.6 is 0 Å². The molecule has 3 amide bonds. The van der Waals surface area contributed by atoms with Crippen LogP contribution in [0, 0.1) is 5.92 Å². The molecule has 2 rings (SSSR count). The molecule has 1 unspecified atom stereocenters. The highest BCUT2D eigenvalue weighted by molar-refractivity contribution is 5.86. The van der Waals surface area contributed by atoms with Crippen molar-refractivity contribution >= 4 is 17.9 Å². The Labute approximate surface area is 137 Å². The highest BCUT2D eigenvalue weighted by Gasteiger charge is 2.31. The lowest BCUT2D eigenvalue weighted by atomic mass is 9.97. The molecule has 0 aromatic carbocycles. The molecule has 2 fully saturated rings. The summed E-state index contributed by atoms with van der Waals surface area (Å²) in [5, 5.41) is 5.49. The van der Waals surface area contributed by atoms with Crippen LogP contribution < -0.4 is 10.6 Å². The lowest BCUT2D eigenvalue weighted by Crippen LogP contribution is -2.48. The van der Waals surface area contributed by atoms with Crippen LogP contribution in [0.25, 0.3) is 0 Å². The smallest absolute Gasteiger partial charge is 0.410 e. The fraction of sp³-hybridized carbons (Fsp3) is 0.812. The molecule has 7 nitrogen and oxygen atoms in total. The minimum Gasteiger partial charge on any atom is -0.444 e.